The Hall–Kier alpha value is -4.53. The van der Waals surface area contributed by atoms with E-state index in [4.69, 9.17) is 0 Å². The third kappa shape index (κ3) is 4.03. The van der Waals surface area contributed by atoms with Crippen molar-refractivity contribution in [1.29, 1.82) is 0 Å². The third-order valence-electron chi connectivity index (χ3n) is 5.39. The maximum atomic E-state index is 12.7. The molecular formula is C24H21N7O2. The van der Waals surface area contributed by atoms with Gasteiger partial charge in [-0.15, -0.1) is 5.10 Å². The molecular weight excluding hydrogens is 418 g/mol. The molecule has 5 rings (SSSR count). The summed E-state index contributed by atoms with van der Waals surface area (Å²) in [6.45, 7) is 3.76. The van der Waals surface area contributed by atoms with Crippen molar-refractivity contribution < 1.29 is 4.79 Å². The SMILES string of the molecule is Cc1ccc(NC(=O)Cn2c(C)cc(=O)n3nc(-c4ccc(-c5ccn[nH]5)cc4)nc23)cc1. The van der Waals surface area contributed by atoms with E-state index in [1.807, 2.05) is 61.5 Å². The van der Waals surface area contributed by atoms with Gasteiger partial charge in [0.1, 0.15) is 6.54 Å². The van der Waals surface area contributed by atoms with E-state index in [0.29, 0.717) is 23.0 Å². The average molecular weight is 439 g/mol. The van der Waals surface area contributed by atoms with Gasteiger partial charge >= 0.3 is 0 Å². The maximum Gasteiger partial charge on any atom is 0.275 e. The van der Waals surface area contributed by atoms with E-state index in [0.717, 1.165) is 22.4 Å². The Morgan fingerprint density at radius 3 is 2.42 bits per heavy atom. The summed E-state index contributed by atoms with van der Waals surface area (Å²) in [5, 5.41) is 14.2. The van der Waals surface area contributed by atoms with E-state index < -0.39 is 0 Å². The van der Waals surface area contributed by atoms with Gasteiger partial charge in [0.2, 0.25) is 11.7 Å². The highest BCUT2D eigenvalue weighted by Gasteiger charge is 2.16. The zero-order chi connectivity index (χ0) is 22.9. The molecule has 0 saturated heterocycles. The zero-order valence-electron chi connectivity index (χ0n) is 18.1. The summed E-state index contributed by atoms with van der Waals surface area (Å²) >= 11 is 0. The number of hydrogen-bond donors (Lipinski definition) is 2. The second-order valence-corrected chi connectivity index (χ2v) is 7.82. The van der Waals surface area contributed by atoms with Crippen LogP contribution in [-0.4, -0.2) is 35.3 Å². The summed E-state index contributed by atoms with van der Waals surface area (Å²) in [6.07, 6.45) is 1.69. The molecule has 0 unspecified atom stereocenters. The molecule has 9 nitrogen and oxygen atoms in total. The van der Waals surface area contributed by atoms with Crippen LogP contribution in [0.4, 0.5) is 5.69 Å². The molecule has 2 aromatic carbocycles. The largest absolute Gasteiger partial charge is 0.325 e. The Balaban J connectivity index is 1.47. The number of rotatable bonds is 5. The second kappa shape index (κ2) is 8.19. The number of aryl methyl sites for hydroxylation is 2. The lowest BCUT2D eigenvalue weighted by Gasteiger charge is -2.11. The first-order valence-corrected chi connectivity index (χ1v) is 10.4. The van der Waals surface area contributed by atoms with Crippen molar-refractivity contribution in [1.82, 2.24) is 29.4 Å². The molecule has 0 aliphatic carbocycles. The number of fused-ring (bicyclic) bond motifs is 1. The van der Waals surface area contributed by atoms with Crippen molar-refractivity contribution in [2.75, 3.05) is 5.32 Å². The molecule has 5 aromatic rings. The number of amides is 1. The lowest BCUT2D eigenvalue weighted by molar-refractivity contribution is -0.116. The molecule has 1 amide bonds. The van der Waals surface area contributed by atoms with Crippen LogP contribution < -0.4 is 10.9 Å². The fourth-order valence-electron chi connectivity index (χ4n) is 3.62. The molecule has 0 atom stereocenters. The number of aromatic nitrogens is 6. The van der Waals surface area contributed by atoms with Crippen molar-refractivity contribution in [3.63, 3.8) is 0 Å². The summed E-state index contributed by atoms with van der Waals surface area (Å²) in [6, 6.07) is 18.5. The Kier molecular flexibility index (Phi) is 5.06. The van der Waals surface area contributed by atoms with Crippen molar-refractivity contribution in [2.24, 2.45) is 0 Å². The van der Waals surface area contributed by atoms with Crippen LogP contribution in [0.5, 0.6) is 0 Å². The normalized spacial score (nSPS) is 11.1. The quantitative estimate of drug-likeness (QED) is 0.437. The fraction of sp³-hybridized carbons (Fsp3) is 0.125. The van der Waals surface area contributed by atoms with Crippen molar-refractivity contribution in [3.05, 3.63) is 88.5 Å². The van der Waals surface area contributed by atoms with Gasteiger partial charge in [0.15, 0.2) is 5.82 Å². The van der Waals surface area contributed by atoms with E-state index in [2.05, 4.69) is 25.6 Å². The van der Waals surface area contributed by atoms with Gasteiger partial charge in [-0.2, -0.15) is 14.6 Å². The smallest absolute Gasteiger partial charge is 0.275 e. The van der Waals surface area contributed by atoms with Crippen LogP contribution in [-0.2, 0) is 11.3 Å². The molecule has 9 heteroatoms. The molecule has 0 aliphatic rings. The molecule has 2 N–H and O–H groups in total. The minimum atomic E-state index is -0.300. The molecule has 3 heterocycles. The van der Waals surface area contributed by atoms with Gasteiger partial charge in [-0.1, -0.05) is 42.0 Å². The maximum absolute atomic E-state index is 12.7. The van der Waals surface area contributed by atoms with Crippen molar-refractivity contribution in [2.45, 2.75) is 20.4 Å². The van der Waals surface area contributed by atoms with Gasteiger partial charge in [0.05, 0.1) is 5.69 Å². The molecule has 3 aromatic heterocycles. The third-order valence-corrected chi connectivity index (χ3v) is 5.39. The number of aromatic amines is 1. The van der Waals surface area contributed by atoms with Crippen LogP contribution in [0, 0.1) is 13.8 Å². The zero-order valence-corrected chi connectivity index (χ0v) is 18.1. The summed E-state index contributed by atoms with van der Waals surface area (Å²) < 4.78 is 2.91. The van der Waals surface area contributed by atoms with Crippen LogP contribution in [0.3, 0.4) is 0 Å². The predicted molar refractivity (Wildman–Crippen MR) is 125 cm³/mol. The standard InChI is InChI=1S/C24H21N7O2/c1-15-3-9-19(10-4-15)26-21(32)14-30-16(2)13-22(33)31-24(30)27-23(29-31)18-7-5-17(6-8-18)20-11-12-25-28-20/h3-13H,14H2,1-2H3,(H,25,28)(H,26,32). The van der Waals surface area contributed by atoms with Crippen molar-refractivity contribution >= 4 is 17.4 Å². The highest BCUT2D eigenvalue weighted by molar-refractivity contribution is 5.90. The van der Waals surface area contributed by atoms with Crippen LogP contribution >= 0.6 is 0 Å². The second-order valence-electron chi connectivity index (χ2n) is 7.82. The summed E-state index contributed by atoms with van der Waals surface area (Å²) in [7, 11) is 0. The number of carbonyl (C=O) groups is 1. The van der Waals surface area contributed by atoms with E-state index >= 15 is 0 Å². The molecule has 0 saturated carbocycles. The Labute approximate surface area is 188 Å². The molecule has 33 heavy (non-hydrogen) atoms. The van der Waals surface area contributed by atoms with Crippen molar-refractivity contribution in [3.8, 4) is 22.6 Å². The van der Waals surface area contributed by atoms with Gasteiger partial charge in [-0.3, -0.25) is 14.7 Å². The van der Waals surface area contributed by atoms with E-state index in [9.17, 15) is 9.59 Å². The molecule has 0 aliphatic heterocycles. The highest BCUT2D eigenvalue weighted by atomic mass is 16.2. The Morgan fingerprint density at radius 1 is 1.00 bits per heavy atom. The molecule has 0 fully saturated rings. The minimum absolute atomic E-state index is 0.000382. The topological polar surface area (TPSA) is 110 Å². The number of anilines is 1. The molecule has 0 radical (unpaired) electrons. The van der Waals surface area contributed by atoms with E-state index in [1.54, 1.807) is 17.7 Å². The van der Waals surface area contributed by atoms with Gasteiger partial charge in [-0.25, -0.2) is 0 Å². The number of hydrogen-bond acceptors (Lipinski definition) is 5. The summed E-state index contributed by atoms with van der Waals surface area (Å²) in [4.78, 5) is 29.8. The number of benzene rings is 2. The van der Waals surface area contributed by atoms with E-state index in [-0.39, 0.29) is 18.0 Å². The summed E-state index contributed by atoms with van der Waals surface area (Å²) in [5.74, 6) is 0.495. The first kappa shape index (κ1) is 20.4. The van der Waals surface area contributed by atoms with Gasteiger partial charge in [-0.05, 0) is 37.6 Å². The van der Waals surface area contributed by atoms with Crippen LogP contribution in [0.2, 0.25) is 0 Å². The van der Waals surface area contributed by atoms with Gasteiger partial charge in [0, 0.05) is 29.2 Å². The first-order valence-electron chi connectivity index (χ1n) is 10.4. The lowest BCUT2D eigenvalue weighted by atomic mass is 10.1. The monoisotopic (exact) mass is 439 g/mol. The molecule has 0 spiro atoms. The molecule has 164 valence electrons. The number of nitrogens with zero attached hydrogens (tertiary/aromatic N) is 5. The summed E-state index contributed by atoms with van der Waals surface area (Å²) in [5.41, 5.74) is 4.78. The van der Waals surface area contributed by atoms with Crippen LogP contribution in [0.15, 0.2) is 71.7 Å². The van der Waals surface area contributed by atoms with Gasteiger partial charge in [0.25, 0.3) is 5.56 Å². The first-order chi connectivity index (χ1) is 16.0. The van der Waals surface area contributed by atoms with E-state index in [1.165, 1.54) is 10.6 Å². The number of H-pyrrole nitrogens is 1. The number of carbonyl (C=O) groups excluding carboxylic acids is 1. The predicted octanol–water partition coefficient (Wildman–Crippen LogP) is 3.20. The number of nitrogens with one attached hydrogen (secondary N) is 2. The lowest BCUT2D eigenvalue weighted by Crippen LogP contribution is -2.25. The minimum Gasteiger partial charge on any atom is -0.325 e. The Morgan fingerprint density at radius 2 is 1.73 bits per heavy atom. The average Bonchev–Trinajstić information content (AvgIpc) is 3.49. The fourth-order valence-corrected chi connectivity index (χ4v) is 3.62. The van der Waals surface area contributed by atoms with Crippen LogP contribution in [0.25, 0.3) is 28.4 Å². The van der Waals surface area contributed by atoms with Gasteiger partial charge < -0.3 is 9.88 Å². The Bertz CT molecular complexity index is 1500. The molecule has 0 bridgehead atoms. The van der Waals surface area contributed by atoms with Crippen LogP contribution in [0.1, 0.15) is 11.3 Å². The highest BCUT2D eigenvalue weighted by Crippen LogP contribution is 2.22.